The highest BCUT2D eigenvalue weighted by Gasteiger charge is 2.28. The summed E-state index contributed by atoms with van der Waals surface area (Å²) in [5, 5.41) is 5.97. The van der Waals surface area contributed by atoms with Gasteiger partial charge in [-0.05, 0) is 50.1 Å². The largest absolute Gasteiger partial charge is 0.326 e. The topological polar surface area (TPSA) is 87.3 Å². The summed E-state index contributed by atoms with van der Waals surface area (Å²) in [4.78, 5) is 12.2. The van der Waals surface area contributed by atoms with Crippen LogP contribution in [0.25, 0.3) is 0 Å². The predicted molar refractivity (Wildman–Crippen MR) is 79.4 cm³/mol. The lowest BCUT2D eigenvalue weighted by atomic mass is 10.1. The summed E-state index contributed by atoms with van der Waals surface area (Å²) in [6.07, 6.45) is 2.65. The van der Waals surface area contributed by atoms with E-state index in [1.54, 1.807) is 12.1 Å². The van der Waals surface area contributed by atoms with Crippen molar-refractivity contribution < 1.29 is 13.2 Å². The molecule has 2 aliphatic rings. The molecule has 1 aliphatic carbocycles. The Kier molecular flexibility index (Phi) is 3.97. The Morgan fingerprint density at radius 3 is 2.43 bits per heavy atom. The fraction of sp³-hybridized carbons (Fsp3) is 0.500. The average Bonchev–Trinajstić information content (AvgIpc) is 3.08. The minimum atomic E-state index is -3.43. The number of anilines is 1. The van der Waals surface area contributed by atoms with E-state index in [2.05, 4.69) is 15.4 Å². The van der Waals surface area contributed by atoms with Crippen LogP contribution >= 0.6 is 0 Å². The van der Waals surface area contributed by atoms with Crippen molar-refractivity contribution in [2.75, 3.05) is 18.4 Å². The van der Waals surface area contributed by atoms with Gasteiger partial charge in [0, 0.05) is 18.3 Å². The van der Waals surface area contributed by atoms with E-state index in [4.69, 9.17) is 0 Å². The van der Waals surface area contributed by atoms with E-state index in [9.17, 15) is 13.2 Å². The Morgan fingerprint density at radius 2 is 1.86 bits per heavy atom. The van der Waals surface area contributed by atoms with E-state index in [-0.39, 0.29) is 22.8 Å². The molecule has 1 aliphatic heterocycles. The summed E-state index contributed by atoms with van der Waals surface area (Å²) in [6.45, 7) is 1.56. The molecule has 0 bridgehead atoms. The fourth-order valence-corrected chi connectivity index (χ4v) is 3.63. The third-order valence-corrected chi connectivity index (χ3v) is 5.30. The van der Waals surface area contributed by atoms with Crippen molar-refractivity contribution in [1.29, 1.82) is 0 Å². The molecule has 1 heterocycles. The predicted octanol–water partition coefficient (Wildman–Crippen LogP) is 0.675. The van der Waals surface area contributed by atoms with E-state index >= 15 is 0 Å². The number of rotatable bonds is 5. The van der Waals surface area contributed by atoms with Gasteiger partial charge < -0.3 is 10.6 Å². The number of amides is 1. The minimum Gasteiger partial charge on any atom is -0.326 e. The molecular formula is C14H19N3O3S. The van der Waals surface area contributed by atoms with Gasteiger partial charge in [-0.25, -0.2) is 13.1 Å². The quantitative estimate of drug-likeness (QED) is 0.746. The minimum absolute atomic E-state index is 0.00931. The van der Waals surface area contributed by atoms with Gasteiger partial charge in [-0.2, -0.15) is 0 Å². The smallest absolute Gasteiger partial charge is 0.240 e. The van der Waals surface area contributed by atoms with Gasteiger partial charge in [-0.15, -0.1) is 0 Å². The zero-order chi connectivity index (χ0) is 14.9. The molecule has 1 aromatic carbocycles. The highest BCUT2D eigenvalue weighted by molar-refractivity contribution is 7.89. The molecular weight excluding hydrogens is 290 g/mol. The molecule has 0 aromatic heterocycles. The van der Waals surface area contributed by atoms with Crippen LogP contribution in [0.2, 0.25) is 0 Å². The number of carbonyl (C=O) groups is 1. The summed E-state index contributed by atoms with van der Waals surface area (Å²) in [6, 6.07) is 6.38. The lowest BCUT2D eigenvalue weighted by Crippen LogP contribution is -2.26. The number of carbonyl (C=O) groups excluding carboxylic acids is 1. The van der Waals surface area contributed by atoms with Crippen molar-refractivity contribution in [3.05, 3.63) is 24.3 Å². The lowest BCUT2D eigenvalue weighted by molar-refractivity contribution is -0.119. The van der Waals surface area contributed by atoms with Gasteiger partial charge in [-0.1, -0.05) is 0 Å². The maximum atomic E-state index is 12.0. The fourth-order valence-electron chi connectivity index (χ4n) is 2.33. The third kappa shape index (κ3) is 3.61. The van der Waals surface area contributed by atoms with Gasteiger partial charge >= 0.3 is 0 Å². The molecule has 1 saturated heterocycles. The Bertz CT molecular complexity index is 617. The molecule has 2 fully saturated rings. The van der Waals surface area contributed by atoms with Crippen LogP contribution in [0.5, 0.6) is 0 Å². The van der Waals surface area contributed by atoms with Crippen LogP contribution in [0.3, 0.4) is 0 Å². The molecule has 1 saturated carbocycles. The average molecular weight is 309 g/mol. The summed E-state index contributed by atoms with van der Waals surface area (Å²) in [5.41, 5.74) is 0.622. The van der Waals surface area contributed by atoms with Crippen molar-refractivity contribution in [1.82, 2.24) is 10.0 Å². The molecule has 0 radical (unpaired) electrons. The molecule has 1 aromatic rings. The number of sulfonamides is 1. The van der Waals surface area contributed by atoms with Gasteiger partial charge in [0.25, 0.3) is 0 Å². The van der Waals surface area contributed by atoms with Gasteiger partial charge in [0.1, 0.15) is 0 Å². The second-order valence-corrected chi connectivity index (χ2v) is 7.31. The molecule has 3 rings (SSSR count). The summed E-state index contributed by atoms with van der Waals surface area (Å²) < 4.78 is 26.7. The summed E-state index contributed by atoms with van der Waals surface area (Å²) in [7, 11) is -3.43. The van der Waals surface area contributed by atoms with Crippen LogP contribution in [-0.2, 0) is 14.8 Å². The van der Waals surface area contributed by atoms with Crippen molar-refractivity contribution in [3.8, 4) is 0 Å². The van der Waals surface area contributed by atoms with E-state index in [0.29, 0.717) is 12.2 Å². The second-order valence-electron chi connectivity index (χ2n) is 5.60. The first-order valence-corrected chi connectivity index (χ1v) is 8.67. The van der Waals surface area contributed by atoms with Gasteiger partial charge in [0.2, 0.25) is 15.9 Å². The van der Waals surface area contributed by atoms with Gasteiger partial charge in [-0.3, -0.25) is 4.79 Å². The van der Waals surface area contributed by atoms with Crippen LogP contribution in [0, 0.1) is 5.92 Å². The Balaban J connectivity index is 1.64. The molecule has 114 valence electrons. The first kappa shape index (κ1) is 14.5. The van der Waals surface area contributed by atoms with Crippen LogP contribution in [0.15, 0.2) is 29.2 Å². The maximum absolute atomic E-state index is 12.0. The monoisotopic (exact) mass is 309 g/mol. The zero-order valence-electron chi connectivity index (χ0n) is 11.6. The Hall–Kier alpha value is -1.44. The SMILES string of the molecule is O=C(Nc1ccc(S(=O)(=O)NC2CC2)cc1)C1CCNC1. The van der Waals surface area contributed by atoms with Crippen molar-refractivity contribution in [3.63, 3.8) is 0 Å². The molecule has 1 amide bonds. The van der Waals surface area contributed by atoms with E-state index in [1.165, 1.54) is 12.1 Å². The molecule has 1 atom stereocenters. The van der Waals surface area contributed by atoms with E-state index < -0.39 is 10.0 Å². The summed E-state index contributed by atoms with van der Waals surface area (Å²) in [5.74, 6) is -0.0309. The number of hydrogen-bond donors (Lipinski definition) is 3. The maximum Gasteiger partial charge on any atom is 0.240 e. The highest BCUT2D eigenvalue weighted by atomic mass is 32.2. The molecule has 6 nitrogen and oxygen atoms in total. The van der Waals surface area contributed by atoms with Gasteiger partial charge in [0.15, 0.2) is 0 Å². The normalized spacial score (nSPS) is 22.2. The van der Waals surface area contributed by atoms with Crippen molar-refractivity contribution in [2.24, 2.45) is 5.92 Å². The molecule has 7 heteroatoms. The number of hydrogen-bond acceptors (Lipinski definition) is 4. The Labute approximate surface area is 124 Å². The number of nitrogens with one attached hydrogen (secondary N) is 3. The van der Waals surface area contributed by atoms with E-state index in [1.807, 2.05) is 0 Å². The standard InChI is InChI=1S/C14H19N3O3S/c18-14(10-7-8-15-9-10)16-11-3-5-13(6-4-11)21(19,20)17-12-1-2-12/h3-6,10,12,15,17H,1-2,7-9H2,(H,16,18). The lowest BCUT2D eigenvalue weighted by Gasteiger charge is -2.11. The highest BCUT2D eigenvalue weighted by Crippen LogP contribution is 2.23. The van der Waals surface area contributed by atoms with Crippen LogP contribution in [-0.4, -0.2) is 33.5 Å². The molecule has 21 heavy (non-hydrogen) atoms. The second kappa shape index (κ2) is 5.75. The first-order valence-electron chi connectivity index (χ1n) is 7.18. The van der Waals surface area contributed by atoms with Crippen LogP contribution in [0.1, 0.15) is 19.3 Å². The molecule has 0 spiro atoms. The first-order chi connectivity index (χ1) is 10.0. The van der Waals surface area contributed by atoms with Crippen LogP contribution < -0.4 is 15.4 Å². The van der Waals surface area contributed by atoms with Crippen molar-refractivity contribution >= 4 is 21.6 Å². The molecule has 3 N–H and O–H groups in total. The Morgan fingerprint density at radius 1 is 1.14 bits per heavy atom. The third-order valence-electron chi connectivity index (χ3n) is 3.76. The summed E-state index contributed by atoms with van der Waals surface area (Å²) >= 11 is 0. The van der Waals surface area contributed by atoms with Crippen molar-refractivity contribution in [2.45, 2.75) is 30.2 Å². The van der Waals surface area contributed by atoms with Gasteiger partial charge in [0.05, 0.1) is 10.8 Å². The molecule has 1 unspecified atom stereocenters. The van der Waals surface area contributed by atoms with E-state index in [0.717, 1.165) is 25.8 Å². The van der Waals surface area contributed by atoms with Crippen LogP contribution in [0.4, 0.5) is 5.69 Å². The number of benzene rings is 1. The zero-order valence-corrected chi connectivity index (χ0v) is 12.4.